The minimum atomic E-state index is -0.667. The first-order chi connectivity index (χ1) is 18.9. The molecular weight excluding hydrogens is 496 g/mol. The number of carbonyl (C=O) groups is 3. The third-order valence-electron chi connectivity index (χ3n) is 7.35. The van der Waals surface area contributed by atoms with Crippen molar-refractivity contribution in [3.8, 4) is 11.5 Å². The topological polar surface area (TPSA) is 94.2 Å². The molecule has 3 aromatic rings. The maximum atomic E-state index is 14.0. The summed E-state index contributed by atoms with van der Waals surface area (Å²) in [4.78, 5) is 40.9. The van der Waals surface area contributed by atoms with Crippen molar-refractivity contribution in [2.45, 2.75) is 31.7 Å². The van der Waals surface area contributed by atoms with Gasteiger partial charge in [0.25, 0.3) is 0 Å². The van der Waals surface area contributed by atoms with Crippen molar-refractivity contribution in [3.05, 3.63) is 94.7 Å². The summed E-state index contributed by atoms with van der Waals surface area (Å²) < 4.78 is 15.7. The maximum Gasteiger partial charge on any atom is 0.337 e. The van der Waals surface area contributed by atoms with Crippen molar-refractivity contribution in [2.75, 3.05) is 31.5 Å². The molecule has 0 radical (unpaired) electrons. The van der Waals surface area contributed by atoms with Gasteiger partial charge in [-0.3, -0.25) is 14.5 Å². The predicted octanol–water partition coefficient (Wildman–Crippen LogP) is 5.41. The molecule has 1 amide bonds. The zero-order valence-electron chi connectivity index (χ0n) is 22.3. The van der Waals surface area contributed by atoms with E-state index in [0.717, 1.165) is 22.5 Å². The normalized spacial score (nSPS) is 18.4. The summed E-state index contributed by atoms with van der Waals surface area (Å²) in [6.45, 7) is 1.50. The zero-order chi connectivity index (χ0) is 27.7. The average Bonchev–Trinajstić information content (AvgIpc) is 3.11. The van der Waals surface area contributed by atoms with Gasteiger partial charge < -0.3 is 19.5 Å². The fourth-order valence-corrected chi connectivity index (χ4v) is 5.52. The highest BCUT2D eigenvalue weighted by atomic mass is 16.5. The molecule has 1 aliphatic carbocycles. The second kappa shape index (κ2) is 10.6. The quantitative estimate of drug-likeness (QED) is 0.444. The number of benzene rings is 3. The molecule has 39 heavy (non-hydrogen) atoms. The van der Waals surface area contributed by atoms with Crippen LogP contribution in [-0.4, -0.2) is 39.0 Å². The molecule has 0 saturated heterocycles. The van der Waals surface area contributed by atoms with E-state index < -0.39 is 12.0 Å². The van der Waals surface area contributed by atoms with Crippen LogP contribution in [0.2, 0.25) is 0 Å². The van der Waals surface area contributed by atoms with Gasteiger partial charge >= 0.3 is 5.97 Å². The molecule has 200 valence electrons. The van der Waals surface area contributed by atoms with Crippen LogP contribution in [0.25, 0.3) is 0 Å². The standard InChI is InChI=1S/C31H30N2O6/c1-18(34)33-25-8-6-5-7-23(25)32-24-15-22(21-13-14-27(37-2)28(17-21)38-3)16-26(35)29(24)30(33)19-9-11-20(12-10-19)31(36)39-4/h5-14,17,22,30,32H,15-16H2,1-4H3. The molecule has 8 heteroatoms. The van der Waals surface area contributed by atoms with Gasteiger partial charge in [0.05, 0.1) is 44.3 Å². The fourth-order valence-electron chi connectivity index (χ4n) is 5.52. The van der Waals surface area contributed by atoms with Crippen LogP contribution in [0.4, 0.5) is 11.4 Å². The Labute approximate surface area is 227 Å². The maximum absolute atomic E-state index is 14.0. The average molecular weight is 527 g/mol. The number of hydrogen-bond acceptors (Lipinski definition) is 7. The highest BCUT2D eigenvalue weighted by Gasteiger charge is 2.41. The smallest absolute Gasteiger partial charge is 0.337 e. The van der Waals surface area contributed by atoms with E-state index in [0.29, 0.717) is 34.7 Å². The van der Waals surface area contributed by atoms with Gasteiger partial charge in [-0.1, -0.05) is 30.3 Å². The van der Waals surface area contributed by atoms with Crippen LogP contribution in [0.5, 0.6) is 11.5 Å². The van der Waals surface area contributed by atoms with Gasteiger partial charge in [0.2, 0.25) is 5.91 Å². The van der Waals surface area contributed by atoms with E-state index in [9.17, 15) is 14.4 Å². The predicted molar refractivity (Wildman–Crippen MR) is 147 cm³/mol. The van der Waals surface area contributed by atoms with Crippen molar-refractivity contribution in [1.82, 2.24) is 0 Å². The summed E-state index contributed by atoms with van der Waals surface area (Å²) in [5, 5.41) is 3.50. The number of hydrogen-bond donors (Lipinski definition) is 1. The number of nitrogens with one attached hydrogen (secondary N) is 1. The molecule has 1 N–H and O–H groups in total. The molecular formula is C31H30N2O6. The van der Waals surface area contributed by atoms with Crippen molar-refractivity contribution in [3.63, 3.8) is 0 Å². The third kappa shape index (κ3) is 4.74. The number of ketones is 1. The van der Waals surface area contributed by atoms with E-state index in [2.05, 4.69) is 5.32 Å². The molecule has 2 unspecified atom stereocenters. The Morgan fingerprint density at radius 2 is 1.56 bits per heavy atom. The number of nitrogens with zero attached hydrogens (tertiary/aromatic N) is 1. The number of para-hydroxylation sites is 2. The summed E-state index contributed by atoms with van der Waals surface area (Å²) in [6, 6.07) is 19.5. The van der Waals surface area contributed by atoms with Crippen molar-refractivity contribution >= 4 is 29.0 Å². The minimum Gasteiger partial charge on any atom is -0.493 e. The number of methoxy groups -OCH3 is 3. The van der Waals surface area contributed by atoms with Crippen molar-refractivity contribution in [2.24, 2.45) is 0 Å². The lowest BCUT2D eigenvalue weighted by Crippen LogP contribution is -2.37. The van der Waals surface area contributed by atoms with Crippen LogP contribution in [0.3, 0.4) is 0 Å². The number of rotatable bonds is 5. The molecule has 2 atom stereocenters. The summed E-state index contributed by atoms with van der Waals surface area (Å²) in [5.41, 5.74) is 4.82. The van der Waals surface area contributed by atoms with Gasteiger partial charge in [0.15, 0.2) is 17.3 Å². The summed E-state index contributed by atoms with van der Waals surface area (Å²) in [5.74, 6) is 0.427. The molecule has 1 heterocycles. The van der Waals surface area contributed by atoms with E-state index in [1.807, 2.05) is 42.5 Å². The van der Waals surface area contributed by atoms with Gasteiger partial charge in [-0.2, -0.15) is 0 Å². The monoisotopic (exact) mass is 526 g/mol. The summed E-state index contributed by atoms with van der Waals surface area (Å²) in [6.07, 6.45) is 0.836. The number of fused-ring (bicyclic) bond motifs is 1. The molecule has 2 aliphatic rings. The Bertz CT molecular complexity index is 1480. The zero-order valence-corrected chi connectivity index (χ0v) is 22.3. The first-order valence-electron chi connectivity index (χ1n) is 12.7. The van der Waals surface area contributed by atoms with Crippen LogP contribution in [0.1, 0.15) is 53.2 Å². The van der Waals surface area contributed by atoms with Crippen molar-refractivity contribution < 1.29 is 28.6 Å². The Hall–Kier alpha value is -4.59. The molecule has 0 bridgehead atoms. The SMILES string of the molecule is COC(=O)c1ccc(C2C3=C(CC(c4ccc(OC)c(OC)c4)CC3=O)Nc3ccccc3N2C(C)=O)cc1. The Balaban J connectivity index is 1.65. The Kier molecular flexibility index (Phi) is 7.11. The number of ether oxygens (including phenoxy) is 3. The minimum absolute atomic E-state index is 0.0513. The van der Waals surface area contributed by atoms with E-state index in [-0.39, 0.29) is 24.0 Å². The van der Waals surface area contributed by atoms with Gasteiger partial charge in [0.1, 0.15) is 0 Å². The first-order valence-corrected chi connectivity index (χ1v) is 12.7. The van der Waals surface area contributed by atoms with Crippen molar-refractivity contribution in [1.29, 1.82) is 0 Å². The molecule has 5 rings (SSSR count). The highest BCUT2D eigenvalue weighted by molar-refractivity contribution is 6.06. The Morgan fingerprint density at radius 1 is 0.872 bits per heavy atom. The summed E-state index contributed by atoms with van der Waals surface area (Å²) in [7, 11) is 4.50. The van der Waals surface area contributed by atoms with Crippen LogP contribution in [0.15, 0.2) is 78.0 Å². The lowest BCUT2D eigenvalue weighted by atomic mass is 9.78. The number of Topliss-reactive ketones (excluding diaryl/α,β-unsaturated/α-hetero) is 1. The summed E-state index contributed by atoms with van der Waals surface area (Å²) >= 11 is 0. The second-order valence-corrected chi connectivity index (χ2v) is 9.58. The molecule has 0 fully saturated rings. The number of allylic oxidation sites excluding steroid dienone is 1. The number of amides is 1. The lowest BCUT2D eigenvalue weighted by Gasteiger charge is -2.34. The van der Waals surface area contributed by atoms with Gasteiger partial charge in [0, 0.05) is 24.6 Å². The van der Waals surface area contributed by atoms with Crippen LogP contribution >= 0.6 is 0 Å². The third-order valence-corrected chi connectivity index (χ3v) is 7.35. The molecule has 8 nitrogen and oxygen atoms in total. The van der Waals surface area contributed by atoms with E-state index in [4.69, 9.17) is 14.2 Å². The first kappa shape index (κ1) is 26.0. The highest BCUT2D eigenvalue weighted by Crippen LogP contribution is 2.48. The van der Waals surface area contributed by atoms with Crippen LogP contribution in [-0.2, 0) is 14.3 Å². The molecule has 0 saturated carbocycles. The molecule has 0 aromatic heterocycles. The molecule has 1 aliphatic heterocycles. The number of anilines is 2. The van der Waals surface area contributed by atoms with Gasteiger partial charge in [-0.15, -0.1) is 0 Å². The largest absolute Gasteiger partial charge is 0.493 e. The number of carbonyl (C=O) groups excluding carboxylic acids is 3. The second-order valence-electron chi connectivity index (χ2n) is 9.58. The lowest BCUT2D eigenvalue weighted by molar-refractivity contribution is -0.117. The number of esters is 1. The van der Waals surface area contributed by atoms with Crippen LogP contribution < -0.4 is 19.7 Å². The van der Waals surface area contributed by atoms with Crippen LogP contribution in [0, 0.1) is 0 Å². The molecule has 3 aromatic carbocycles. The molecule has 0 spiro atoms. The van der Waals surface area contributed by atoms with E-state index in [1.165, 1.54) is 14.0 Å². The fraction of sp³-hybridized carbons (Fsp3) is 0.258. The van der Waals surface area contributed by atoms with Gasteiger partial charge in [-0.25, -0.2) is 4.79 Å². The van der Waals surface area contributed by atoms with E-state index in [1.54, 1.807) is 43.4 Å². The van der Waals surface area contributed by atoms with Gasteiger partial charge in [-0.05, 0) is 59.9 Å². The van der Waals surface area contributed by atoms with E-state index >= 15 is 0 Å². The Morgan fingerprint density at radius 3 is 2.23 bits per heavy atom.